The van der Waals surface area contributed by atoms with Crippen molar-refractivity contribution in [3.63, 3.8) is 0 Å². The lowest BCUT2D eigenvalue weighted by molar-refractivity contribution is -0.152. The molecule has 12 heavy (non-hydrogen) atoms. The fraction of sp³-hybridized carbons (Fsp3) is 0.714. The molecule has 1 atom stereocenters. The van der Waals surface area contributed by atoms with E-state index in [1.54, 1.807) is 14.1 Å². The Labute approximate surface area is 70.9 Å². The number of hydrogen-bond donors (Lipinski definition) is 1. The zero-order chi connectivity index (χ0) is 9.72. The van der Waals surface area contributed by atoms with Crippen molar-refractivity contribution in [3.05, 3.63) is 0 Å². The fourth-order valence-electron chi connectivity index (χ4n) is 0.397. The summed E-state index contributed by atoms with van der Waals surface area (Å²) in [7, 11) is 3.16. The van der Waals surface area contributed by atoms with Crippen LogP contribution in [0.3, 0.4) is 0 Å². The minimum absolute atomic E-state index is 0.194. The van der Waals surface area contributed by atoms with Crippen LogP contribution in [-0.4, -0.2) is 48.7 Å². The van der Waals surface area contributed by atoms with Gasteiger partial charge in [0.1, 0.15) is 6.61 Å². The van der Waals surface area contributed by atoms with E-state index in [0.29, 0.717) is 0 Å². The SMILES string of the molecule is C[C@H](OCC(=O)N(C)C)C(=O)O. The molecule has 0 spiro atoms. The first-order chi connectivity index (χ1) is 5.45. The molecule has 0 saturated carbocycles. The number of amides is 1. The Balaban J connectivity index is 3.69. The van der Waals surface area contributed by atoms with Crippen molar-refractivity contribution in [1.82, 2.24) is 4.90 Å². The number of rotatable bonds is 4. The minimum Gasteiger partial charge on any atom is -0.479 e. The summed E-state index contributed by atoms with van der Waals surface area (Å²) in [6.45, 7) is 1.19. The number of nitrogens with zero attached hydrogens (tertiary/aromatic N) is 1. The lowest BCUT2D eigenvalue weighted by Crippen LogP contribution is -2.30. The molecule has 0 aromatic carbocycles. The zero-order valence-electron chi connectivity index (χ0n) is 7.40. The number of likely N-dealkylation sites (N-methyl/N-ethyl adjacent to an activating group) is 1. The second kappa shape index (κ2) is 4.71. The molecule has 1 amide bonds. The van der Waals surface area contributed by atoms with Crippen molar-refractivity contribution in [3.8, 4) is 0 Å². The Morgan fingerprint density at radius 2 is 2.00 bits per heavy atom. The quantitative estimate of drug-likeness (QED) is 0.629. The summed E-state index contributed by atoms with van der Waals surface area (Å²) in [5.74, 6) is -1.32. The van der Waals surface area contributed by atoms with E-state index in [9.17, 15) is 9.59 Å². The molecule has 0 saturated heterocycles. The first-order valence-corrected chi connectivity index (χ1v) is 3.49. The molecule has 70 valence electrons. The van der Waals surface area contributed by atoms with Crippen molar-refractivity contribution in [2.75, 3.05) is 20.7 Å². The highest BCUT2D eigenvalue weighted by Crippen LogP contribution is 1.91. The molecular formula is C7H13NO4. The van der Waals surface area contributed by atoms with E-state index in [1.807, 2.05) is 0 Å². The van der Waals surface area contributed by atoms with Crippen molar-refractivity contribution < 1.29 is 19.4 Å². The van der Waals surface area contributed by atoms with Gasteiger partial charge in [0.05, 0.1) is 0 Å². The summed E-state index contributed by atoms with van der Waals surface area (Å²) >= 11 is 0. The van der Waals surface area contributed by atoms with E-state index in [-0.39, 0.29) is 12.5 Å². The van der Waals surface area contributed by atoms with Gasteiger partial charge < -0.3 is 14.7 Å². The van der Waals surface area contributed by atoms with Crippen molar-refractivity contribution in [2.45, 2.75) is 13.0 Å². The molecule has 0 aromatic heterocycles. The third kappa shape index (κ3) is 3.92. The summed E-state index contributed by atoms with van der Waals surface area (Å²) in [6.07, 6.45) is -0.936. The molecule has 0 aromatic rings. The highest BCUT2D eigenvalue weighted by atomic mass is 16.5. The minimum atomic E-state index is -1.07. The molecule has 0 fully saturated rings. The van der Waals surface area contributed by atoms with E-state index >= 15 is 0 Å². The third-order valence-electron chi connectivity index (χ3n) is 1.30. The Kier molecular flexibility index (Phi) is 4.28. The van der Waals surface area contributed by atoms with Crippen molar-refractivity contribution >= 4 is 11.9 Å². The Morgan fingerprint density at radius 1 is 1.50 bits per heavy atom. The average Bonchev–Trinajstić information content (AvgIpc) is 1.98. The lowest BCUT2D eigenvalue weighted by atomic mass is 10.4. The maximum atomic E-state index is 10.9. The van der Waals surface area contributed by atoms with Crippen LogP contribution in [0, 0.1) is 0 Å². The van der Waals surface area contributed by atoms with Gasteiger partial charge in [0.25, 0.3) is 0 Å². The molecule has 5 heteroatoms. The maximum Gasteiger partial charge on any atom is 0.332 e. The second-order valence-electron chi connectivity index (χ2n) is 2.58. The molecule has 0 aliphatic rings. The molecule has 0 rings (SSSR count). The van der Waals surface area contributed by atoms with Gasteiger partial charge in [-0.05, 0) is 6.92 Å². The van der Waals surface area contributed by atoms with Crippen LogP contribution in [0.2, 0.25) is 0 Å². The Hall–Kier alpha value is -1.10. The standard InChI is InChI=1S/C7H13NO4/c1-5(7(10)11)12-4-6(9)8(2)3/h5H,4H2,1-3H3,(H,10,11)/t5-/m0/s1. The predicted octanol–water partition coefficient (Wildman–Crippen LogP) is -0.436. The highest BCUT2D eigenvalue weighted by molar-refractivity contribution is 5.77. The monoisotopic (exact) mass is 175 g/mol. The number of carbonyl (C=O) groups is 2. The largest absolute Gasteiger partial charge is 0.479 e. The third-order valence-corrected chi connectivity index (χ3v) is 1.30. The van der Waals surface area contributed by atoms with Gasteiger partial charge in [-0.15, -0.1) is 0 Å². The number of carboxylic acid groups (broad SMARTS) is 1. The first-order valence-electron chi connectivity index (χ1n) is 3.49. The zero-order valence-corrected chi connectivity index (χ0v) is 7.40. The average molecular weight is 175 g/mol. The van der Waals surface area contributed by atoms with Gasteiger partial charge in [-0.2, -0.15) is 0 Å². The lowest BCUT2D eigenvalue weighted by Gasteiger charge is -2.12. The number of carbonyl (C=O) groups excluding carboxylic acids is 1. The maximum absolute atomic E-state index is 10.9. The number of hydrogen-bond acceptors (Lipinski definition) is 3. The molecule has 0 aliphatic heterocycles. The van der Waals surface area contributed by atoms with Crippen LogP contribution in [0.5, 0.6) is 0 Å². The number of carboxylic acids is 1. The molecule has 0 heterocycles. The highest BCUT2D eigenvalue weighted by Gasteiger charge is 2.13. The number of aliphatic carboxylic acids is 1. The molecule has 5 nitrogen and oxygen atoms in total. The van der Waals surface area contributed by atoms with E-state index in [1.165, 1.54) is 11.8 Å². The van der Waals surface area contributed by atoms with Gasteiger partial charge in [0.2, 0.25) is 5.91 Å². The molecule has 0 aliphatic carbocycles. The summed E-state index contributed by atoms with van der Waals surface area (Å²) in [6, 6.07) is 0. The summed E-state index contributed by atoms with van der Waals surface area (Å²) in [5.41, 5.74) is 0. The van der Waals surface area contributed by atoms with Crippen LogP contribution in [-0.2, 0) is 14.3 Å². The second-order valence-corrected chi connectivity index (χ2v) is 2.58. The topological polar surface area (TPSA) is 66.8 Å². The van der Waals surface area contributed by atoms with Crippen LogP contribution in [0.1, 0.15) is 6.92 Å². The van der Waals surface area contributed by atoms with E-state index in [0.717, 1.165) is 0 Å². The summed E-state index contributed by atoms with van der Waals surface area (Å²) < 4.78 is 4.74. The van der Waals surface area contributed by atoms with Crippen LogP contribution in [0.15, 0.2) is 0 Å². The predicted molar refractivity (Wildman–Crippen MR) is 41.7 cm³/mol. The summed E-state index contributed by atoms with van der Waals surface area (Å²) in [4.78, 5) is 22.5. The van der Waals surface area contributed by atoms with Gasteiger partial charge >= 0.3 is 5.97 Å². The van der Waals surface area contributed by atoms with Crippen LogP contribution in [0.25, 0.3) is 0 Å². The van der Waals surface area contributed by atoms with Crippen molar-refractivity contribution in [1.29, 1.82) is 0 Å². The fourth-order valence-corrected chi connectivity index (χ4v) is 0.397. The van der Waals surface area contributed by atoms with Crippen LogP contribution >= 0.6 is 0 Å². The van der Waals surface area contributed by atoms with Crippen LogP contribution in [0.4, 0.5) is 0 Å². The molecule has 1 N–H and O–H groups in total. The molecule has 0 bridgehead atoms. The smallest absolute Gasteiger partial charge is 0.332 e. The number of ether oxygens (including phenoxy) is 1. The van der Waals surface area contributed by atoms with Gasteiger partial charge in [-0.3, -0.25) is 4.79 Å². The van der Waals surface area contributed by atoms with E-state index in [4.69, 9.17) is 9.84 Å². The van der Waals surface area contributed by atoms with Gasteiger partial charge in [-0.1, -0.05) is 0 Å². The van der Waals surface area contributed by atoms with Gasteiger partial charge in [0.15, 0.2) is 6.10 Å². The van der Waals surface area contributed by atoms with E-state index in [2.05, 4.69) is 0 Å². The van der Waals surface area contributed by atoms with E-state index < -0.39 is 12.1 Å². The normalized spacial score (nSPS) is 12.2. The Morgan fingerprint density at radius 3 is 2.33 bits per heavy atom. The Bertz CT molecular complexity index is 178. The van der Waals surface area contributed by atoms with Gasteiger partial charge in [-0.25, -0.2) is 4.79 Å². The molecular weight excluding hydrogens is 162 g/mol. The summed E-state index contributed by atoms with van der Waals surface area (Å²) in [5, 5.41) is 8.38. The first kappa shape index (κ1) is 10.9. The van der Waals surface area contributed by atoms with Crippen LogP contribution < -0.4 is 0 Å². The van der Waals surface area contributed by atoms with Gasteiger partial charge in [0, 0.05) is 14.1 Å². The van der Waals surface area contributed by atoms with Crippen molar-refractivity contribution in [2.24, 2.45) is 0 Å². The molecule has 0 unspecified atom stereocenters. The molecule has 0 radical (unpaired) electrons.